The van der Waals surface area contributed by atoms with Crippen LogP contribution in [0.4, 0.5) is 0 Å². The first-order chi connectivity index (χ1) is 12.2. The van der Waals surface area contributed by atoms with Gasteiger partial charge in [0.25, 0.3) is 11.8 Å². The number of hydroxylamine groups is 2. The first-order valence-electron chi connectivity index (χ1n) is 7.47. The van der Waals surface area contributed by atoms with Gasteiger partial charge in [-0.05, 0) is 35.7 Å². The standard InChI is InChI=1S/C18H15N3O4/c22-17(20-24)12-5-7-13(8-6-12)18(23)21-25-11-16-9-14-3-1-2-4-15(14)10-19-16/h1-10,24H,11H2,(H,20,22)(H,21,23). The second-order valence-corrected chi connectivity index (χ2v) is 5.26. The molecule has 2 amide bonds. The Kier molecular flexibility index (Phi) is 4.98. The van der Waals surface area contributed by atoms with Gasteiger partial charge >= 0.3 is 0 Å². The summed E-state index contributed by atoms with van der Waals surface area (Å²) in [6.45, 7) is 0.127. The molecule has 1 heterocycles. The third-order valence-corrected chi connectivity index (χ3v) is 3.58. The van der Waals surface area contributed by atoms with Crippen molar-refractivity contribution in [2.24, 2.45) is 0 Å². The van der Waals surface area contributed by atoms with Gasteiger partial charge in [-0.3, -0.25) is 24.6 Å². The van der Waals surface area contributed by atoms with Crippen LogP contribution in [-0.4, -0.2) is 22.0 Å². The van der Waals surface area contributed by atoms with E-state index in [1.807, 2.05) is 30.3 Å². The highest BCUT2D eigenvalue weighted by Crippen LogP contribution is 2.13. The molecular weight excluding hydrogens is 322 g/mol. The minimum atomic E-state index is -0.648. The lowest BCUT2D eigenvalue weighted by Crippen LogP contribution is -2.24. The molecule has 7 heteroatoms. The van der Waals surface area contributed by atoms with E-state index in [1.54, 1.807) is 6.20 Å². The van der Waals surface area contributed by atoms with Gasteiger partial charge in [0.2, 0.25) is 0 Å². The van der Waals surface area contributed by atoms with Gasteiger partial charge < -0.3 is 0 Å². The molecule has 7 nitrogen and oxygen atoms in total. The summed E-state index contributed by atoms with van der Waals surface area (Å²) in [6, 6.07) is 15.5. The van der Waals surface area contributed by atoms with Crippen molar-refractivity contribution >= 4 is 22.6 Å². The quantitative estimate of drug-likeness (QED) is 0.489. The van der Waals surface area contributed by atoms with Crippen LogP contribution in [-0.2, 0) is 11.4 Å². The van der Waals surface area contributed by atoms with Gasteiger partial charge in [0.05, 0.1) is 5.69 Å². The number of benzene rings is 2. The highest BCUT2D eigenvalue weighted by Gasteiger charge is 2.08. The van der Waals surface area contributed by atoms with Crippen molar-refractivity contribution in [2.45, 2.75) is 6.61 Å². The Labute approximate surface area is 143 Å². The number of fused-ring (bicyclic) bond motifs is 1. The number of nitrogens with one attached hydrogen (secondary N) is 2. The molecule has 126 valence electrons. The second-order valence-electron chi connectivity index (χ2n) is 5.26. The summed E-state index contributed by atoms with van der Waals surface area (Å²) < 4.78 is 0. The molecule has 0 bridgehead atoms. The van der Waals surface area contributed by atoms with Crippen molar-refractivity contribution in [3.8, 4) is 0 Å². The number of amides is 2. The van der Waals surface area contributed by atoms with E-state index in [4.69, 9.17) is 10.0 Å². The molecule has 0 fully saturated rings. The lowest BCUT2D eigenvalue weighted by atomic mass is 10.1. The lowest BCUT2D eigenvalue weighted by molar-refractivity contribution is 0.0222. The predicted molar refractivity (Wildman–Crippen MR) is 89.7 cm³/mol. The van der Waals surface area contributed by atoms with E-state index in [0.717, 1.165) is 10.8 Å². The van der Waals surface area contributed by atoms with Crippen LogP contribution in [0.5, 0.6) is 0 Å². The van der Waals surface area contributed by atoms with Gasteiger partial charge in [0, 0.05) is 22.7 Å². The van der Waals surface area contributed by atoms with Crippen molar-refractivity contribution < 1.29 is 19.6 Å². The van der Waals surface area contributed by atoms with Crippen molar-refractivity contribution in [1.82, 2.24) is 15.9 Å². The summed E-state index contributed by atoms with van der Waals surface area (Å²) in [6.07, 6.45) is 1.75. The van der Waals surface area contributed by atoms with Gasteiger partial charge in [-0.15, -0.1) is 0 Å². The molecule has 0 aliphatic rings. The fourth-order valence-corrected chi connectivity index (χ4v) is 2.28. The van der Waals surface area contributed by atoms with E-state index in [1.165, 1.54) is 29.7 Å². The molecule has 25 heavy (non-hydrogen) atoms. The number of hydrogen-bond acceptors (Lipinski definition) is 5. The molecule has 0 radical (unpaired) electrons. The largest absolute Gasteiger partial charge is 0.288 e. The number of carbonyl (C=O) groups is 2. The zero-order valence-corrected chi connectivity index (χ0v) is 13.1. The van der Waals surface area contributed by atoms with Crippen LogP contribution in [0.25, 0.3) is 10.8 Å². The van der Waals surface area contributed by atoms with E-state index in [2.05, 4.69) is 10.5 Å². The van der Waals surface area contributed by atoms with Crippen LogP contribution in [0.3, 0.4) is 0 Å². The number of aromatic nitrogens is 1. The Morgan fingerprint density at radius 1 is 0.960 bits per heavy atom. The summed E-state index contributed by atoms with van der Waals surface area (Å²) >= 11 is 0. The van der Waals surface area contributed by atoms with Crippen LogP contribution in [0, 0.1) is 0 Å². The summed E-state index contributed by atoms with van der Waals surface area (Å²) in [4.78, 5) is 32.7. The maximum atomic E-state index is 12.0. The van der Waals surface area contributed by atoms with Gasteiger partial charge in [-0.1, -0.05) is 24.3 Å². The number of pyridine rings is 1. The third kappa shape index (κ3) is 3.97. The van der Waals surface area contributed by atoms with E-state index >= 15 is 0 Å². The fourth-order valence-electron chi connectivity index (χ4n) is 2.28. The average molecular weight is 337 g/mol. The lowest BCUT2D eigenvalue weighted by Gasteiger charge is -2.07. The van der Waals surface area contributed by atoms with Crippen molar-refractivity contribution in [2.75, 3.05) is 0 Å². The van der Waals surface area contributed by atoms with Crippen LogP contribution in [0.2, 0.25) is 0 Å². The Balaban J connectivity index is 1.57. The number of rotatable bonds is 5. The topological polar surface area (TPSA) is 101 Å². The molecule has 3 aromatic rings. The van der Waals surface area contributed by atoms with Crippen LogP contribution >= 0.6 is 0 Å². The van der Waals surface area contributed by atoms with Crippen LogP contribution in [0.1, 0.15) is 26.4 Å². The van der Waals surface area contributed by atoms with E-state index in [0.29, 0.717) is 11.3 Å². The fraction of sp³-hybridized carbons (Fsp3) is 0.0556. The SMILES string of the molecule is O=C(NO)c1ccc(C(=O)NOCc2cc3ccccc3cn2)cc1. The summed E-state index contributed by atoms with van der Waals surface area (Å²) in [5.41, 5.74) is 5.10. The Morgan fingerprint density at radius 2 is 1.60 bits per heavy atom. The molecule has 0 atom stereocenters. The number of hydrogen-bond donors (Lipinski definition) is 3. The van der Waals surface area contributed by atoms with Gasteiger partial charge in [0.15, 0.2) is 0 Å². The molecule has 0 saturated carbocycles. The molecule has 0 spiro atoms. The van der Waals surface area contributed by atoms with E-state index < -0.39 is 11.8 Å². The summed E-state index contributed by atoms with van der Waals surface area (Å²) in [5.74, 6) is -1.10. The van der Waals surface area contributed by atoms with Gasteiger partial charge in [-0.2, -0.15) is 0 Å². The molecule has 3 rings (SSSR count). The average Bonchev–Trinajstić information content (AvgIpc) is 2.67. The smallest absolute Gasteiger partial charge is 0.274 e. The normalized spacial score (nSPS) is 10.4. The zero-order valence-electron chi connectivity index (χ0n) is 13.1. The molecule has 1 aromatic heterocycles. The molecule has 2 aromatic carbocycles. The van der Waals surface area contributed by atoms with Gasteiger partial charge in [0.1, 0.15) is 6.61 Å². The minimum absolute atomic E-state index is 0.127. The van der Waals surface area contributed by atoms with Gasteiger partial charge in [-0.25, -0.2) is 11.0 Å². The predicted octanol–water partition coefficient (Wildman–Crippen LogP) is 2.22. The third-order valence-electron chi connectivity index (χ3n) is 3.58. The van der Waals surface area contributed by atoms with Crippen molar-refractivity contribution in [3.05, 3.63) is 77.6 Å². The molecule has 0 saturated heterocycles. The van der Waals surface area contributed by atoms with E-state index in [9.17, 15) is 9.59 Å². The summed E-state index contributed by atoms with van der Waals surface area (Å²) in [7, 11) is 0. The Bertz CT molecular complexity index is 910. The number of carbonyl (C=O) groups excluding carboxylic acids is 2. The molecule has 0 unspecified atom stereocenters. The highest BCUT2D eigenvalue weighted by molar-refractivity contribution is 5.97. The molecule has 3 N–H and O–H groups in total. The first-order valence-corrected chi connectivity index (χ1v) is 7.47. The summed E-state index contributed by atoms with van der Waals surface area (Å²) in [5, 5.41) is 10.6. The monoisotopic (exact) mass is 337 g/mol. The maximum Gasteiger partial charge on any atom is 0.274 e. The van der Waals surface area contributed by atoms with Crippen LogP contribution in [0.15, 0.2) is 60.8 Å². The molecule has 0 aliphatic carbocycles. The molecular formula is C18H15N3O4. The number of nitrogens with zero attached hydrogens (tertiary/aromatic N) is 1. The minimum Gasteiger partial charge on any atom is -0.288 e. The zero-order chi connectivity index (χ0) is 17.6. The first kappa shape index (κ1) is 16.6. The van der Waals surface area contributed by atoms with Crippen molar-refractivity contribution in [3.63, 3.8) is 0 Å². The molecule has 0 aliphatic heterocycles. The highest BCUT2D eigenvalue weighted by atomic mass is 16.6. The van der Waals surface area contributed by atoms with E-state index in [-0.39, 0.29) is 12.2 Å². The Morgan fingerprint density at radius 3 is 2.28 bits per heavy atom. The van der Waals surface area contributed by atoms with Crippen LogP contribution < -0.4 is 11.0 Å². The maximum absolute atomic E-state index is 12.0. The van der Waals surface area contributed by atoms with Crippen molar-refractivity contribution in [1.29, 1.82) is 0 Å². The second kappa shape index (κ2) is 7.52. The Hall–Kier alpha value is -3.29.